The topological polar surface area (TPSA) is 43.8 Å². The van der Waals surface area contributed by atoms with Gasteiger partial charge >= 0.3 is 0 Å². The molecule has 0 radical (unpaired) electrons. The highest BCUT2D eigenvalue weighted by atomic mass is 16.3. The van der Waals surface area contributed by atoms with Crippen LogP contribution in [0.2, 0.25) is 0 Å². The number of rotatable bonds is 2. The molecule has 1 aliphatic rings. The number of hydrogen-bond donors (Lipinski definition) is 1. The van der Waals surface area contributed by atoms with Crippen LogP contribution in [0.5, 0.6) is 0 Å². The van der Waals surface area contributed by atoms with Crippen LogP contribution in [0.1, 0.15) is 10.4 Å². The third-order valence-corrected chi connectivity index (χ3v) is 2.88. The molecule has 0 unspecified atom stereocenters. The van der Waals surface area contributed by atoms with Crippen molar-refractivity contribution in [3.8, 4) is 0 Å². The van der Waals surface area contributed by atoms with Crippen molar-refractivity contribution < 1.29 is 9.90 Å². The van der Waals surface area contributed by atoms with Gasteiger partial charge in [-0.25, -0.2) is 0 Å². The van der Waals surface area contributed by atoms with E-state index in [2.05, 4.69) is 0 Å². The fraction of sp³-hybridized carbons (Fsp3) is 0.417. The SMILES string of the molecule is O=C(c1ccccc1)N1CCN(CO)CC1. The van der Waals surface area contributed by atoms with E-state index < -0.39 is 0 Å². The van der Waals surface area contributed by atoms with Crippen molar-refractivity contribution in [1.29, 1.82) is 0 Å². The van der Waals surface area contributed by atoms with Crippen LogP contribution < -0.4 is 0 Å². The lowest BCUT2D eigenvalue weighted by atomic mass is 10.2. The van der Waals surface area contributed by atoms with E-state index in [1.165, 1.54) is 0 Å². The van der Waals surface area contributed by atoms with Crippen molar-refractivity contribution in [3.05, 3.63) is 35.9 Å². The van der Waals surface area contributed by atoms with Gasteiger partial charge in [-0.15, -0.1) is 0 Å². The van der Waals surface area contributed by atoms with Crippen molar-refractivity contribution in [1.82, 2.24) is 9.80 Å². The molecule has 1 saturated heterocycles. The minimum atomic E-state index is 0.0768. The highest BCUT2D eigenvalue weighted by Crippen LogP contribution is 2.07. The van der Waals surface area contributed by atoms with E-state index in [9.17, 15) is 4.79 Å². The molecular weight excluding hydrogens is 204 g/mol. The van der Waals surface area contributed by atoms with E-state index in [0.717, 1.165) is 18.7 Å². The molecule has 86 valence electrons. The summed E-state index contributed by atoms with van der Waals surface area (Å²) >= 11 is 0. The number of carbonyl (C=O) groups excluding carboxylic acids is 1. The van der Waals surface area contributed by atoms with Gasteiger partial charge in [0.1, 0.15) is 0 Å². The zero-order chi connectivity index (χ0) is 11.4. The monoisotopic (exact) mass is 220 g/mol. The highest BCUT2D eigenvalue weighted by Gasteiger charge is 2.21. The molecule has 1 amide bonds. The molecule has 0 saturated carbocycles. The smallest absolute Gasteiger partial charge is 0.253 e. The summed E-state index contributed by atoms with van der Waals surface area (Å²) in [5.74, 6) is 0.0817. The van der Waals surface area contributed by atoms with E-state index in [4.69, 9.17) is 5.11 Å². The Morgan fingerprint density at radius 3 is 2.31 bits per heavy atom. The molecule has 1 aromatic carbocycles. The zero-order valence-electron chi connectivity index (χ0n) is 9.17. The van der Waals surface area contributed by atoms with Crippen molar-refractivity contribution in [2.45, 2.75) is 0 Å². The lowest BCUT2D eigenvalue weighted by molar-refractivity contribution is 0.0423. The second kappa shape index (κ2) is 5.09. The third kappa shape index (κ3) is 2.40. The Balaban J connectivity index is 1.97. The van der Waals surface area contributed by atoms with E-state index in [0.29, 0.717) is 13.1 Å². The van der Waals surface area contributed by atoms with Gasteiger partial charge in [-0.1, -0.05) is 18.2 Å². The maximum absolute atomic E-state index is 12.0. The largest absolute Gasteiger partial charge is 0.381 e. The number of nitrogens with zero attached hydrogens (tertiary/aromatic N) is 2. The Bertz CT molecular complexity index is 345. The van der Waals surface area contributed by atoms with Gasteiger partial charge in [-0.2, -0.15) is 0 Å². The second-order valence-electron chi connectivity index (χ2n) is 3.92. The first kappa shape index (κ1) is 11.1. The fourth-order valence-corrected chi connectivity index (χ4v) is 1.86. The Labute approximate surface area is 95.1 Å². The molecule has 1 aliphatic heterocycles. The van der Waals surface area contributed by atoms with Crippen LogP contribution >= 0.6 is 0 Å². The summed E-state index contributed by atoms with van der Waals surface area (Å²) in [6, 6.07) is 9.32. The second-order valence-corrected chi connectivity index (χ2v) is 3.92. The number of hydrogen-bond acceptors (Lipinski definition) is 3. The summed E-state index contributed by atoms with van der Waals surface area (Å²) in [5.41, 5.74) is 0.736. The summed E-state index contributed by atoms with van der Waals surface area (Å²) < 4.78 is 0. The maximum atomic E-state index is 12.0. The molecule has 1 heterocycles. The van der Waals surface area contributed by atoms with Crippen LogP contribution in [0.4, 0.5) is 0 Å². The van der Waals surface area contributed by atoms with Crippen LogP contribution in [0.3, 0.4) is 0 Å². The average Bonchev–Trinajstić information content (AvgIpc) is 2.39. The number of aliphatic hydroxyl groups is 1. The molecular formula is C12H16N2O2. The Morgan fingerprint density at radius 2 is 1.75 bits per heavy atom. The molecule has 0 bridgehead atoms. The molecule has 0 spiro atoms. The van der Waals surface area contributed by atoms with Gasteiger partial charge in [-0.3, -0.25) is 9.69 Å². The van der Waals surface area contributed by atoms with Gasteiger partial charge in [0.15, 0.2) is 0 Å². The van der Waals surface area contributed by atoms with Crippen molar-refractivity contribution in [3.63, 3.8) is 0 Å². The quantitative estimate of drug-likeness (QED) is 0.784. The molecule has 1 N–H and O–H groups in total. The first-order valence-corrected chi connectivity index (χ1v) is 5.49. The lowest BCUT2D eigenvalue weighted by Gasteiger charge is -2.33. The summed E-state index contributed by atoms with van der Waals surface area (Å²) in [5, 5.41) is 8.96. The molecule has 4 nitrogen and oxygen atoms in total. The van der Waals surface area contributed by atoms with Crippen LogP contribution in [0.25, 0.3) is 0 Å². The predicted molar refractivity (Wildman–Crippen MR) is 61.0 cm³/mol. The van der Waals surface area contributed by atoms with Crippen molar-refractivity contribution >= 4 is 5.91 Å². The fourth-order valence-electron chi connectivity index (χ4n) is 1.86. The Morgan fingerprint density at radius 1 is 1.12 bits per heavy atom. The van der Waals surface area contributed by atoms with Gasteiger partial charge in [-0.05, 0) is 12.1 Å². The summed E-state index contributed by atoms with van der Waals surface area (Å²) in [6.45, 7) is 2.94. The van der Waals surface area contributed by atoms with Gasteiger partial charge in [0.2, 0.25) is 0 Å². The molecule has 0 aliphatic carbocycles. The molecule has 0 aromatic heterocycles. The maximum Gasteiger partial charge on any atom is 0.253 e. The van der Waals surface area contributed by atoms with Crippen LogP contribution in [0.15, 0.2) is 30.3 Å². The van der Waals surface area contributed by atoms with Crippen molar-refractivity contribution in [2.24, 2.45) is 0 Å². The van der Waals surface area contributed by atoms with Crippen LogP contribution in [0, 0.1) is 0 Å². The van der Waals surface area contributed by atoms with Gasteiger partial charge in [0, 0.05) is 31.7 Å². The number of benzene rings is 1. The van der Waals surface area contributed by atoms with Gasteiger partial charge in [0.05, 0.1) is 6.73 Å². The number of carbonyl (C=O) groups is 1. The minimum absolute atomic E-state index is 0.0768. The standard InChI is InChI=1S/C12H16N2O2/c15-10-13-6-8-14(9-7-13)12(16)11-4-2-1-3-5-11/h1-5,15H,6-10H2. The molecule has 1 fully saturated rings. The minimum Gasteiger partial charge on any atom is -0.381 e. The normalized spacial score (nSPS) is 17.4. The molecule has 1 aromatic rings. The number of amides is 1. The Hall–Kier alpha value is -1.39. The average molecular weight is 220 g/mol. The molecule has 16 heavy (non-hydrogen) atoms. The van der Waals surface area contributed by atoms with E-state index in [1.807, 2.05) is 40.1 Å². The highest BCUT2D eigenvalue weighted by molar-refractivity contribution is 5.94. The summed E-state index contributed by atoms with van der Waals surface area (Å²) in [4.78, 5) is 15.8. The lowest BCUT2D eigenvalue weighted by Crippen LogP contribution is -2.48. The van der Waals surface area contributed by atoms with Gasteiger partial charge in [0.25, 0.3) is 5.91 Å². The van der Waals surface area contributed by atoms with E-state index in [1.54, 1.807) is 0 Å². The van der Waals surface area contributed by atoms with Crippen LogP contribution in [-0.2, 0) is 0 Å². The first-order chi connectivity index (χ1) is 7.81. The number of aliphatic hydroxyl groups excluding tert-OH is 1. The third-order valence-electron chi connectivity index (χ3n) is 2.88. The van der Waals surface area contributed by atoms with E-state index >= 15 is 0 Å². The molecule has 4 heteroatoms. The zero-order valence-corrected chi connectivity index (χ0v) is 9.17. The first-order valence-electron chi connectivity index (χ1n) is 5.49. The van der Waals surface area contributed by atoms with Crippen molar-refractivity contribution in [2.75, 3.05) is 32.9 Å². The predicted octanol–water partition coefficient (Wildman–Crippen LogP) is 0.394. The van der Waals surface area contributed by atoms with Gasteiger partial charge < -0.3 is 10.0 Å². The Kier molecular flexibility index (Phi) is 3.54. The van der Waals surface area contributed by atoms with Crippen LogP contribution in [-0.4, -0.2) is 53.7 Å². The molecule has 0 atom stereocenters. The number of piperazine rings is 1. The summed E-state index contributed by atoms with van der Waals surface area (Å²) in [6.07, 6.45) is 0. The molecule has 2 rings (SSSR count). The summed E-state index contributed by atoms with van der Waals surface area (Å²) in [7, 11) is 0. The van der Waals surface area contributed by atoms with E-state index in [-0.39, 0.29) is 12.6 Å².